The Morgan fingerprint density at radius 3 is 2.47 bits per heavy atom. The topological polar surface area (TPSA) is 79.0 Å². The lowest BCUT2D eigenvalue weighted by Crippen LogP contribution is -2.58. The fourth-order valence-electron chi connectivity index (χ4n) is 4.86. The summed E-state index contributed by atoms with van der Waals surface area (Å²) >= 11 is 6.41. The van der Waals surface area contributed by atoms with Gasteiger partial charge in [0.1, 0.15) is 11.4 Å². The number of rotatable bonds is 7. The van der Waals surface area contributed by atoms with Crippen molar-refractivity contribution < 1.29 is 23.5 Å². The van der Waals surface area contributed by atoms with E-state index >= 15 is 0 Å². The number of likely N-dealkylation sites (tertiary alicyclic amines) is 1. The Kier molecular flexibility index (Phi) is 7.19. The molecule has 0 aliphatic carbocycles. The summed E-state index contributed by atoms with van der Waals surface area (Å²) in [5, 5.41) is 3.51. The minimum absolute atomic E-state index is 0.160. The smallest absolute Gasteiger partial charge is 0.325 e. The van der Waals surface area contributed by atoms with Gasteiger partial charge < -0.3 is 15.0 Å². The van der Waals surface area contributed by atoms with Crippen molar-refractivity contribution in [1.29, 1.82) is 0 Å². The molecule has 4 amide bonds. The van der Waals surface area contributed by atoms with Crippen molar-refractivity contribution in [2.45, 2.75) is 24.8 Å². The normalized spacial score (nSPS) is 21.1. The van der Waals surface area contributed by atoms with E-state index in [1.807, 2.05) is 18.2 Å². The first kappa shape index (κ1) is 24.2. The molecule has 2 aromatic rings. The largest absolute Gasteiger partial charge is 0.383 e. The molecule has 2 aromatic carbocycles. The Morgan fingerprint density at radius 2 is 1.82 bits per heavy atom. The number of methoxy groups -OCH3 is 1. The van der Waals surface area contributed by atoms with Crippen molar-refractivity contribution in [1.82, 2.24) is 15.1 Å². The number of ether oxygens (including phenoxy) is 1. The summed E-state index contributed by atoms with van der Waals surface area (Å²) in [4.78, 5) is 42.3. The second kappa shape index (κ2) is 10.1. The molecule has 0 saturated carbocycles. The zero-order valence-corrected chi connectivity index (χ0v) is 19.7. The number of nitrogens with one attached hydrogen (secondary N) is 1. The Bertz CT molecular complexity index is 1070. The SMILES string of the molecule is COCCN1C(=O)N[C@@](Cc2ccccc2Cl)(C2CCN(C(=O)c3ccc(F)cc3)CC2)C1=O. The number of amides is 4. The highest BCUT2D eigenvalue weighted by atomic mass is 35.5. The van der Waals surface area contributed by atoms with E-state index in [1.165, 1.54) is 36.3 Å². The maximum atomic E-state index is 13.7. The lowest BCUT2D eigenvalue weighted by molar-refractivity contribution is -0.134. The molecule has 0 aromatic heterocycles. The van der Waals surface area contributed by atoms with Gasteiger partial charge in [-0.25, -0.2) is 9.18 Å². The van der Waals surface area contributed by atoms with Crippen LogP contribution in [0.5, 0.6) is 0 Å². The lowest BCUT2D eigenvalue weighted by Gasteiger charge is -2.41. The Balaban J connectivity index is 1.56. The lowest BCUT2D eigenvalue weighted by atomic mass is 9.73. The molecule has 2 aliphatic heterocycles. The van der Waals surface area contributed by atoms with Gasteiger partial charge in [-0.05, 0) is 54.7 Å². The molecule has 0 spiro atoms. The number of piperidine rings is 1. The average Bonchev–Trinajstić information content (AvgIpc) is 3.09. The second-order valence-corrected chi connectivity index (χ2v) is 9.10. The van der Waals surface area contributed by atoms with Crippen LogP contribution in [0, 0.1) is 11.7 Å². The van der Waals surface area contributed by atoms with Gasteiger partial charge in [0, 0.05) is 37.2 Å². The molecule has 2 heterocycles. The van der Waals surface area contributed by atoms with Gasteiger partial charge in [-0.15, -0.1) is 0 Å². The van der Waals surface area contributed by atoms with E-state index < -0.39 is 17.4 Å². The number of carbonyl (C=O) groups is 3. The number of imide groups is 1. The summed E-state index contributed by atoms with van der Waals surface area (Å²) in [7, 11) is 1.52. The van der Waals surface area contributed by atoms with Crippen molar-refractivity contribution in [3.8, 4) is 0 Å². The summed E-state index contributed by atoms with van der Waals surface area (Å²) in [5.41, 5.74) is 0.0405. The Hall–Kier alpha value is -2.97. The van der Waals surface area contributed by atoms with Crippen molar-refractivity contribution in [3.05, 3.63) is 70.5 Å². The molecule has 9 heteroatoms. The van der Waals surface area contributed by atoms with Crippen molar-refractivity contribution >= 4 is 29.4 Å². The summed E-state index contributed by atoms with van der Waals surface area (Å²) in [5.74, 6) is -1.06. The van der Waals surface area contributed by atoms with Gasteiger partial charge in [-0.1, -0.05) is 29.8 Å². The van der Waals surface area contributed by atoms with E-state index in [0.29, 0.717) is 36.5 Å². The predicted molar refractivity (Wildman–Crippen MR) is 125 cm³/mol. The van der Waals surface area contributed by atoms with Crippen LogP contribution in [-0.2, 0) is 16.0 Å². The minimum Gasteiger partial charge on any atom is -0.383 e. The first-order chi connectivity index (χ1) is 16.4. The van der Waals surface area contributed by atoms with Crippen molar-refractivity contribution in [3.63, 3.8) is 0 Å². The third kappa shape index (κ3) is 4.65. The number of hydrogen-bond donors (Lipinski definition) is 1. The molecule has 7 nitrogen and oxygen atoms in total. The van der Waals surface area contributed by atoms with Crippen LogP contribution >= 0.6 is 11.6 Å². The third-order valence-electron chi connectivity index (χ3n) is 6.72. The number of benzene rings is 2. The maximum Gasteiger partial charge on any atom is 0.325 e. The molecule has 34 heavy (non-hydrogen) atoms. The van der Waals surface area contributed by atoms with Gasteiger partial charge in [-0.2, -0.15) is 0 Å². The molecule has 2 fully saturated rings. The highest BCUT2D eigenvalue weighted by molar-refractivity contribution is 6.31. The van der Waals surface area contributed by atoms with Crippen LogP contribution in [0.15, 0.2) is 48.5 Å². The van der Waals surface area contributed by atoms with Crippen LogP contribution in [0.2, 0.25) is 5.02 Å². The average molecular weight is 488 g/mol. The minimum atomic E-state index is -1.15. The number of halogens is 2. The van der Waals surface area contributed by atoms with Gasteiger partial charge in [0.2, 0.25) is 0 Å². The molecule has 180 valence electrons. The van der Waals surface area contributed by atoms with Gasteiger partial charge >= 0.3 is 6.03 Å². The number of hydrogen-bond acceptors (Lipinski definition) is 4. The number of carbonyl (C=O) groups excluding carboxylic acids is 3. The van der Waals surface area contributed by atoms with Gasteiger partial charge in [0.05, 0.1) is 13.2 Å². The van der Waals surface area contributed by atoms with Crippen LogP contribution in [-0.4, -0.2) is 66.5 Å². The monoisotopic (exact) mass is 487 g/mol. The van der Waals surface area contributed by atoms with E-state index in [2.05, 4.69) is 5.32 Å². The molecule has 0 radical (unpaired) electrons. The fraction of sp³-hybridized carbons (Fsp3) is 0.400. The van der Waals surface area contributed by atoms with Gasteiger partial charge in [0.25, 0.3) is 11.8 Å². The molecular weight excluding hydrogens is 461 g/mol. The highest BCUT2D eigenvalue weighted by Gasteiger charge is 2.56. The Morgan fingerprint density at radius 1 is 1.15 bits per heavy atom. The third-order valence-corrected chi connectivity index (χ3v) is 7.09. The van der Waals surface area contributed by atoms with Crippen molar-refractivity contribution in [2.24, 2.45) is 5.92 Å². The first-order valence-corrected chi connectivity index (χ1v) is 11.6. The van der Waals surface area contributed by atoms with Crippen molar-refractivity contribution in [2.75, 3.05) is 33.4 Å². The molecule has 4 rings (SSSR count). The maximum absolute atomic E-state index is 13.7. The molecule has 1 N–H and O–H groups in total. The van der Waals surface area contributed by atoms with Crippen LogP contribution in [0.25, 0.3) is 0 Å². The fourth-order valence-corrected chi connectivity index (χ4v) is 5.07. The zero-order chi connectivity index (χ0) is 24.3. The van der Waals surface area contributed by atoms with Gasteiger partial charge in [0.15, 0.2) is 0 Å². The first-order valence-electron chi connectivity index (χ1n) is 11.3. The summed E-state index contributed by atoms with van der Waals surface area (Å²) in [6.45, 7) is 1.25. The van der Waals surface area contributed by atoms with Crippen LogP contribution in [0.1, 0.15) is 28.8 Å². The quantitative estimate of drug-likeness (QED) is 0.606. The molecule has 0 unspecified atom stereocenters. The van der Waals surface area contributed by atoms with Crippen LogP contribution in [0.3, 0.4) is 0 Å². The van der Waals surface area contributed by atoms with Gasteiger partial charge in [-0.3, -0.25) is 14.5 Å². The summed E-state index contributed by atoms with van der Waals surface area (Å²) < 4.78 is 18.3. The summed E-state index contributed by atoms with van der Waals surface area (Å²) in [6, 6.07) is 12.3. The molecule has 1 atom stereocenters. The zero-order valence-electron chi connectivity index (χ0n) is 18.9. The van der Waals surface area contributed by atoms with E-state index in [1.54, 1.807) is 11.0 Å². The van der Waals surface area contributed by atoms with E-state index in [0.717, 1.165) is 5.56 Å². The van der Waals surface area contributed by atoms with E-state index in [-0.39, 0.29) is 37.3 Å². The Labute approximate surface area is 202 Å². The van der Waals surface area contributed by atoms with E-state index in [4.69, 9.17) is 16.3 Å². The number of nitrogens with zero attached hydrogens (tertiary/aromatic N) is 2. The molecule has 2 saturated heterocycles. The standard InChI is InChI=1S/C25H27ClFN3O4/c1-34-15-14-30-23(32)25(28-24(30)33,16-18-4-2-3-5-21(18)26)19-10-12-29(13-11-19)22(31)17-6-8-20(27)9-7-17/h2-9,19H,10-16H2,1H3,(H,28,33)/t25-/m0/s1. The number of urea groups is 1. The van der Waals surface area contributed by atoms with E-state index in [9.17, 15) is 18.8 Å². The predicted octanol–water partition coefficient (Wildman–Crippen LogP) is 3.51. The molecule has 0 bridgehead atoms. The van der Waals surface area contributed by atoms with Crippen LogP contribution in [0.4, 0.5) is 9.18 Å². The highest BCUT2D eigenvalue weighted by Crippen LogP contribution is 2.38. The molecular formula is C25H27ClFN3O4. The van der Waals surface area contributed by atoms with Crippen LogP contribution < -0.4 is 5.32 Å². The second-order valence-electron chi connectivity index (χ2n) is 8.69. The summed E-state index contributed by atoms with van der Waals surface area (Å²) in [6.07, 6.45) is 1.32. The molecule has 2 aliphatic rings.